The van der Waals surface area contributed by atoms with Crippen molar-refractivity contribution in [2.45, 2.75) is 91.3 Å². The number of benzene rings is 1. The number of nitrogens with one attached hydrogen (secondary N) is 1. The van der Waals surface area contributed by atoms with E-state index in [2.05, 4.69) is 58.7 Å². The fourth-order valence-electron chi connectivity index (χ4n) is 5.65. The van der Waals surface area contributed by atoms with E-state index in [1.54, 1.807) is 4.90 Å². The fraction of sp³-hybridized carbons (Fsp3) is 0.607. The number of guanidine groups is 1. The van der Waals surface area contributed by atoms with Crippen molar-refractivity contribution in [3.63, 3.8) is 0 Å². The third-order valence-corrected chi connectivity index (χ3v) is 7.31. The lowest BCUT2D eigenvalue weighted by Crippen LogP contribution is -2.50. The molecule has 3 heterocycles. The number of aliphatic imine (C=N–C) groups is 1. The summed E-state index contributed by atoms with van der Waals surface area (Å²) in [5, 5.41) is 3.73. The number of amides is 1. The minimum Gasteiger partial charge on any atom is -0.491 e. The van der Waals surface area contributed by atoms with E-state index in [0.717, 1.165) is 61.3 Å². The van der Waals surface area contributed by atoms with E-state index in [1.165, 1.54) is 24.8 Å². The highest BCUT2D eigenvalue weighted by atomic mass is 16.5. The number of rotatable bonds is 9. The number of carbonyl (C=O) groups is 1. The molecule has 2 aromatic rings. The molecule has 0 spiro atoms. The SMILES string of the molecule is CCCc1cc(Cn2c(NC3CCCCC3)nc3c2C(=O)N(CC)C2=NCCN23)ccc1OC(C)C. The predicted molar refractivity (Wildman–Crippen MR) is 144 cm³/mol. The number of ether oxygens (including phenoxy) is 1. The van der Waals surface area contributed by atoms with E-state index in [4.69, 9.17) is 9.72 Å². The molecule has 2 aliphatic heterocycles. The second kappa shape index (κ2) is 10.5. The number of hydrogen-bond acceptors (Lipinski definition) is 6. The molecule has 1 aliphatic carbocycles. The van der Waals surface area contributed by atoms with Crippen LogP contribution in [0.1, 0.15) is 87.8 Å². The van der Waals surface area contributed by atoms with Crippen LogP contribution in [0.15, 0.2) is 23.2 Å². The van der Waals surface area contributed by atoms with Crippen LogP contribution in [0.2, 0.25) is 0 Å². The number of fused-ring (bicyclic) bond motifs is 3. The van der Waals surface area contributed by atoms with Crippen molar-refractivity contribution in [3.8, 4) is 5.75 Å². The highest BCUT2D eigenvalue weighted by Crippen LogP contribution is 2.35. The van der Waals surface area contributed by atoms with Crippen molar-refractivity contribution in [1.29, 1.82) is 0 Å². The molecule has 1 aromatic carbocycles. The van der Waals surface area contributed by atoms with Crippen molar-refractivity contribution >= 4 is 23.6 Å². The highest BCUT2D eigenvalue weighted by molar-refractivity contribution is 6.18. The Hall–Kier alpha value is -3.03. The Kier molecular flexibility index (Phi) is 7.21. The Labute approximate surface area is 214 Å². The van der Waals surface area contributed by atoms with Crippen molar-refractivity contribution in [2.24, 2.45) is 4.99 Å². The van der Waals surface area contributed by atoms with E-state index in [1.807, 2.05) is 6.92 Å². The summed E-state index contributed by atoms with van der Waals surface area (Å²) in [5.74, 6) is 3.22. The molecule has 0 atom stereocenters. The Balaban J connectivity index is 1.55. The van der Waals surface area contributed by atoms with Crippen LogP contribution in [0.3, 0.4) is 0 Å². The van der Waals surface area contributed by atoms with E-state index >= 15 is 0 Å². The van der Waals surface area contributed by atoms with Crippen LogP contribution in [0.5, 0.6) is 5.75 Å². The van der Waals surface area contributed by atoms with Gasteiger partial charge in [0.1, 0.15) is 5.75 Å². The molecule has 8 nitrogen and oxygen atoms in total. The average Bonchev–Trinajstić information content (AvgIpc) is 3.47. The Morgan fingerprint density at radius 2 is 1.97 bits per heavy atom. The zero-order valence-corrected chi connectivity index (χ0v) is 22.2. The van der Waals surface area contributed by atoms with Crippen LogP contribution in [-0.2, 0) is 13.0 Å². The minimum atomic E-state index is -0.0119. The van der Waals surface area contributed by atoms with Crippen LogP contribution in [-0.4, -0.2) is 58.1 Å². The lowest BCUT2D eigenvalue weighted by Gasteiger charge is -2.32. The van der Waals surface area contributed by atoms with E-state index in [9.17, 15) is 4.79 Å². The van der Waals surface area contributed by atoms with Crippen LogP contribution in [0.4, 0.5) is 11.8 Å². The maximum absolute atomic E-state index is 13.8. The molecule has 1 aromatic heterocycles. The van der Waals surface area contributed by atoms with Crippen LogP contribution >= 0.6 is 0 Å². The van der Waals surface area contributed by atoms with Gasteiger partial charge in [-0.25, -0.2) is 0 Å². The number of carbonyl (C=O) groups excluding carboxylic acids is 1. The molecule has 36 heavy (non-hydrogen) atoms. The first-order chi connectivity index (χ1) is 17.5. The first kappa shape index (κ1) is 24.7. The van der Waals surface area contributed by atoms with Gasteiger partial charge in [-0.05, 0) is 57.2 Å². The second-order valence-electron chi connectivity index (χ2n) is 10.4. The largest absolute Gasteiger partial charge is 0.491 e. The number of hydrogen-bond donors (Lipinski definition) is 1. The maximum Gasteiger partial charge on any atom is 0.281 e. The molecule has 0 radical (unpaired) electrons. The zero-order valence-electron chi connectivity index (χ0n) is 22.2. The van der Waals surface area contributed by atoms with Crippen molar-refractivity contribution in [3.05, 3.63) is 35.0 Å². The van der Waals surface area contributed by atoms with Gasteiger partial charge in [-0.15, -0.1) is 0 Å². The number of imidazole rings is 1. The quantitative estimate of drug-likeness (QED) is 0.529. The summed E-state index contributed by atoms with van der Waals surface area (Å²) in [5.41, 5.74) is 3.03. The molecule has 0 unspecified atom stereocenters. The lowest BCUT2D eigenvalue weighted by atomic mass is 9.96. The standard InChI is InChI=1S/C28H40N6O2/c1-5-10-21-17-20(13-14-23(21)36-19(3)4)18-34-24-25(31-27(34)30-22-11-8-7-9-12-22)33-16-15-29-28(33)32(6-2)26(24)35/h13-14,17,19,22H,5-12,15-16,18H2,1-4H3,(H,30,31). The number of aromatic nitrogens is 2. The van der Waals surface area contributed by atoms with Gasteiger partial charge < -0.3 is 10.1 Å². The molecule has 1 amide bonds. The first-order valence-corrected chi connectivity index (χ1v) is 13.8. The second-order valence-corrected chi connectivity index (χ2v) is 10.4. The Bertz CT molecular complexity index is 1130. The summed E-state index contributed by atoms with van der Waals surface area (Å²) < 4.78 is 8.19. The van der Waals surface area contributed by atoms with Crippen molar-refractivity contribution in [2.75, 3.05) is 29.9 Å². The molecular formula is C28H40N6O2. The van der Waals surface area contributed by atoms with E-state index < -0.39 is 0 Å². The molecular weight excluding hydrogens is 452 g/mol. The van der Waals surface area contributed by atoms with Gasteiger partial charge in [0.2, 0.25) is 11.9 Å². The predicted octanol–water partition coefficient (Wildman–Crippen LogP) is 5.07. The zero-order chi connectivity index (χ0) is 25.2. The Morgan fingerprint density at radius 1 is 1.17 bits per heavy atom. The summed E-state index contributed by atoms with van der Waals surface area (Å²) in [6.45, 7) is 10.9. The monoisotopic (exact) mass is 492 g/mol. The Morgan fingerprint density at radius 3 is 2.69 bits per heavy atom. The lowest BCUT2D eigenvalue weighted by molar-refractivity contribution is 0.0836. The average molecular weight is 493 g/mol. The van der Waals surface area contributed by atoms with Gasteiger partial charge in [0.05, 0.1) is 19.2 Å². The van der Waals surface area contributed by atoms with Gasteiger partial charge in [-0.2, -0.15) is 4.98 Å². The molecule has 1 saturated carbocycles. The van der Waals surface area contributed by atoms with Gasteiger partial charge in [-0.3, -0.25) is 24.2 Å². The van der Waals surface area contributed by atoms with E-state index in [0.29, 0.717) is 31.4 Å². The van der Waals surface area contributed by atoms with Gasteiger partial charge in [0.25, 0.3) is 5.91 Å². The van der Waals surface area contributed by atoms with Gasteiger partial charge in [-0.1, -0.05) is 44.7 Å². The van der Waals surface area contributed by atoms with Crippen LogP contribution < -0.4 is 15.0 Å². The summed E-state index contributed by atoms with van der Waals surface area (Å²) >= 11 is 0. The molecule has 5 rings (SSSR count). The summed E-state index contributed by atoms with van der Waals surface area (Å²) in [6, 6.07) is 6.85. The van der Waals surface area contributed by atoms with Gasteiger partial charge >= 0.3 is 0 Å². The van der Waals surface area contributed by atoms with Gasteiger partial charge in [0.15, 0.2) is 11.5 Å². The molecule has 0 bridgehead atoms. The molecule has 0 saturated heterocycles. The van der Waals surface area contributed by atoms with Crippen LogP contribution in [0, 0.1) is 0 Å². The topological polar surface area (TPSA) is 75.0 Å². The third kappa shape index (κ3) is 4.70. The molecule has 194 valence electrons. The molecule has 1 fully saturated rings. The number of aryl methyl sites for hydroxylation is 1. The highest BCUT2D eigenvalue weighted by Gasteiger charge is 2.41. The number of anilines is 2. The molecule has 1 N–H and O–H groups in total. The molecule has 8 heteroatoms. The fourth-order valence-corrected chi connectivity index (χ4v) is 5.65. The van der Waals surface area contributed by atoms with E-state index in [-0.39, 0.29) is 12.0 Å². The number of nitrogens with zero attached hydrogens (tertiary/aromatic N) is 5. The first-order valence-electron chi connectivity index (χ1n) is 13.8. The third-order valence-electron chi connectivity index (χ3n) is 7.31. The van der Waals surface area contributed by atoms with Crippen molar-refractivity contribution < 1.29 is 9.53 Å². The maximum atomic E-state index is 13.8. The van der Waals surface area contributed by atoms with Crippen molar-refractivity contribution in [1.82, 2.24) is 14.5 Å². The smallest absolute Gasteiger partial charge is 0.281 e. The summed E-state index contributed by atoms with van der Waals surface area (Å²) in [7, 11) is 0. The summed E-state index contributed by atoms with van der Waals surface area (Å²) in [4.78, 5) is 27.3. The minimum absolute atomic E-state index is 0.0119. The van der Waals surface area contributed by atoms with Crippen LogP contribution in [0.25, 0.3) is 0 Å². The molecule has 3 aliphatic rings. The normalized spacial score (nSPS) is 17.9. The van der Waals surface area contributed by atoms with Gasteiger partial charge in [0, 0.05) is 19.1 Å². The summed E-state index contributed by atoms with van der Waals surface area (Å²) in [6.07, 6.45) is 8.20.